The Morgan fingerprint density at radius 3 is 2.62 bits per heavy atom. The molecule has 0 bridgehead atoms. The van der Waals surface area contributed by atoms with Crippen LogP contribution in [-0.2, 0) is 0 Å². The summed E-state index contributed by atoms with van der Waals surface area (Å²) in [5, 5.41) is 3.17. The third-order valence-corrected chi connectivity index (χ3v) is 3.08. The smallest absolute Gasteiger partial charge is 0.188 e. The molecule has 1 aliphatic rings. The first-order chi connectivity index (χ1) is 7.33. The van der Waals surface area contributed by atoms with Crippen LogP contribution in [0.1, 0.15) is 51.9 Å². The van der Waals surface area contributed by atoms with Crippen LogP contribution in [0.5, 0.6) is 0 Å². The maximum absolute atomic E-state index is 5.75. The third kappa shape index (κ3) is 7.30. The van der Waals surface area contributed by atoms with Gasteiger partial charge in [-0.05, 0) is 25.2 Å². The summed E-state index contributed by atoms with van der Waals surface area (Å²) >= 11 is 0. The largest absolute Gasteiger partial charge is 0.370 e. The summed E-state index contributed by atoms with van der Waals surface area (Å²) in [6, 6.07) is 0. The molecule has 0 aromatic heterocycles. The highest BCUT2D eigenvalue weighted by Gasteiger charge is 2.16. The van der Waals surface area contributed by atoms with Crippen molar-refractivity contribution >= 4 is 29.9 Å². The number of rotatable bonds is 7. The number of hydrogen-bond donors (Lipinski definition) is 2. The molecule has 96 valence electrons. The fourth-order valence-electron chi connectivity index (χ4n) is 1.73. The summed E-state index contributed by atoms with van der Waals surface area (Å²) in [5.74, 6) is 1.45. The van der Waals surface area contributed by atoms with Gasteiger partial charge < -0.3 is 11.1 Å². The molecule has 16 heavy (non-hydrogen) atoms. The first kappa shape index (κ1) is 16.0. The first-order valence-electron chi connectivity index (χ1n) is 6.36. The summed E-state index contributed by atoms with van der Waals surface area (Å²) in [6.45, 7) is 4.12. The lowest BCUT2D eigenvalue weighted by Crippen LogP contribution is -2.33. The second kappa shape index (κ2) is 10.2. The molecular formula is C12H26IN3. The van der Waals surface area contributed by atoms with Crippen molar-refractivity contribution < 1.29 is 0 Å². The molecule has 1 aliphatic carbocycles. The van der Waals surface area contributed by atoms with Gasteiger partial charge in [-0.1, -0.05) is 32.6 Å². The molecule has 0 saturated heterocycles. The van der Waals surface area contributed by atoms with Crippen LogP contribution in [0.25, 0.3) is 0 Å². The third-order valence-electron chi connectivity index (χ3n) is 3.08. The van der Waals surface area contributed by atoms with Gasteiger partial charge in [0, 0.05) is 13.1 Å². The highest BCUT2D eigenvalue weighted by Crippen LogP contribution is 2.26. The fraction of sp³-hybridized carbons (Fsp3) is 0.917. The van der Waals surface area contributed by atoms with Crippen LogP contribution in [0.2, 0.25) is 0 Å². The second-order valence-corrected chi connectivity index (χ2v) is 4.51. The Kier molecular flexibility index (Phi) is 10.2. The van der Waals surface area contributed by atoms with E-state index in [9.17, 15) is 0 Å². The lowest BCUT2D eigenvalue weighted by Gasteiger charge is -2.23. The van der Waals surface area contributed by atoms with Crippen LogP contribution in [0.15, 0.2) is 4.99 Å². The summed E-state index contributed by atoms with van der Waals surface area (Å²) in [7, 11) is 0. The molecular weight excluding hydrogens is 313 g/mol. The van der Waals surface area contributed by atoms with Crippen molar-refractivity contribution in [3.05, 3.63) is 0 Å². The minimum Gasteiger partial charge on any atom is -0.370 e. The van der Waals surface area contributed by atoms with Crippen molar-refractivity contribution in [2.75, 3.05) is 13.1 Å². The van der Waals surface area contributed by atoms with E-state index in [0.29, 0.717) is 5.96 Å². The van der Waals surface area contributed by atoms with Gasteiger partial charge in [0.15, 0.2) is 5.96 Å². The molecule has 0 amide bonds. The topological polar surface area (TPSA) is 50.4 Å². The minimum absolute atomic E-state index is 0. The van der Waals surface area contributed by atoms with E-state index >= 15 is 0 Å². The highest BCUT2D eigenvalue weighted by molar-refractivity contribution is 14.0. The SMILES string of the molecule is CCCCCCNC(N)=NCC1CCC1.I. The molecule has 0 aliphatic heterocycles. The van der Waals surface area contributed by atoms with Crippen molar-refractivity contribution in [3.63, 3.8) is 0 Å². The van der Waals surface area contributed by atoms with Crippen LogP contribution in [0.4, 0.5) is 0 Å². The average molecular weight is 339 g/mol. The number of nitrogens with two attached hydrogens (primary N) is 1. The Bertz CT molecular complexity index is 191. The van der Waals surface area contributed by atoms with Crippen LogP contribution >= 0.6 is 24.0 Å². The zero-order valence-corrected chi connectivity index (χ0v) is 12.7. The molecule has 0 aromatic rings. The standard InChI is InChI=1S/C12H25N3.HI/c1-2-3-4-5-9-14-12(13)15-10-11-7-6-8-11;/h11H,2-10H2,1H3,(H3,13,14,15);1H. The Morgan fingerprint density at radius 1 is 1.31 bits per heavy atom. The lowest BCUT2D eigenvalue weighted by molar-refractivity contribution is 0.326. The number of guanidine groups is 1. The number of nitrogens with zero attached hydrogens (tertiary/aromatic N) is 1. The van der Waals surface area contributed by atoms with Gasteiger partial charge in [0.1, 0.15) is 0 Å². The summed E-state index contributed by atoms with van der Waals surface area (Å²) < 4.78 is 0. The molecule has 1 rings (SSSR count). The Hall–Kier alpha value is 0. The Morgan fingerprint density at radius 2 is 2.06 bits per heavy atom. The minimum atomic E-state index is 0. The molecule has 0 atom stereocenters. The predicted octanol–water partition coefficient (Wildman–Crippen LogP) is 2.89. The van der Waals surface area contributed by atoms with Crippen LogP contribution in [0.3, 0.4) is 0 Å². The van der Waals surface area contributed by atoms with Crippen LogP contribution in [0, 0.1) is 5.92 Å². The van der Waals surface area contributed by atoms with E-state index in [2.05, 4.69) is 17.2 Å². The van der Waals surface area contributed by atoms with Gasteiger partial charge in [0.2, 0.25) is 0 Å². The average Bonchev–Trinajstić information content (AvgIpc) is 2.15. The number of hydrogen-bond acceptors (Lipinski definition) is 1. The normalized spacial score (nSPS) is 16.4. The molecule has 0 spiro atoms. The van der Waals surface area contributed by atoms with Gasteiger partial charge in [0.05, 0.1) is 0 Å². The lowest BCUT2D eigenvalue weighted by atomic mass is 9.86. The zero-order valence-electron chi connectivity index (χ0n) is 10.4. The number of unbranched alkanes of at least 4 members (excludes halogenated alkanes) is 3. The van der Waals surface area contributed by atoms with E-state index in [0.717, 1.165) is 19.0 Å². The molecule has 3 N–H and O–H groups in total. The van der Waals surface area contributed by atoms with E-state index in [1.54, 1.807) is 0 Å². The quantitative estimate of drug-likeness (QED) is 0.324. The number of nitrogens with one attached hydrogen (secondary N) is 1. The van der Waals surface area contributed by atoms with Gasteiger partial charge in [-0.2, -0.15) is 0 Å². The van der Waals surface area contributed by atoms with Gasteiger partial charge in [-0.3, -0.25) is 4.99 Å². The Balaban J connectivity index is 0.00000225. The summed E-state index contributed by atoms with van der Waals surface area (Å²) in [6.07, 6.45) is 9.16. The van der Waals surface area contributed by atoms with Gasteiger partial charge in [0.25, 0.3) is 0 Å². The maximum Gasteiger partial charge on any atom is 0.188 e. The Labute approximate surface area is 117 Å². The van der Waals surface area contributed by atoms with E-state index in [-0.39, 0.29) is 24.0 Å². The van der Waals surface area contributed by atoms with Crippen molar-refractivity contribution in [1.82, 2.24) is 5.32 Å². The highest BCUT2D eigenvalue weighted by atomic mass is 127. The van der Waals surface area contributed by atoms with E-state index in [4.69, 9.17) is 5.73 Å². The molecule has 0 radical (unpaired) electrons. The number of aliphatic imine (C=N–C) groups is 1. The van der Waals surface area contributed by atoms with E-state index < -0.39 is 0 Å². The number of halogens is 1. The fourth-order valence-corrected chi connectivity index (χ4v) is 1.73. The van der Waals surface area contributed by atoms with Crippen molar-refractivity contribution in [2.45, 2.75) is 51.9 Å². The van der Waals surface area contributed by atoms with Crippen LogP contribution < -0.4 is 11.1 Å². The zero-order chi connectivity index (χ0) is 10.9. The van der Waals surface area contributed by atoms with Gasteiger partial charge in [-0.25, -0.2) is 0 Å². The monoisotopic (exact) mass is 339 g/mol. The van der Waals surface area contributed by atoms with Crippen LogP contribution in [-0.4, -0.2) is 19.0 Å². The maximum atomic E-state index is 5.75. The molecule has 0 aromatic carbocycles. The molecule has 4 heteroatoms. The van der Waals surface area contributed by atoms with Gasteiger partial charge >= 0.3 is 0 Å². The molecule has 1 fully saturated rings. The van der Waals surface area contributed by atoms with Crippen molar-refractivity contribution in [2.24, 2.45) is 16.6 Å². The van der Waals surface area contributed by atoms with Crippen molar-refractivity contribution in [3.8, 4) is 0 Å². The summed E-state index contributed by atoms with van der Waals surface area (Å²) in [5.41, 5.74) is 5.75. The first-order valence-corrected chi connectivity index (χ1v) is 6.36. The molecule has 0 heterocycles. The summed E-state index contributed by atoms with van der Waals surface area (Å²) in [4.78, 5) is 4.35. The van der Waals surface area contributed by atoms with Crippen molar-refractivity contribution in [1.29, 1.82) is 0 Å². The van der Waals surface area contributed by atoms with E-state index in [1.165, 1.54) is 44.9 Å². The molecule has 3 nitrogen and oxygen atoms in total. The van der Waals surface area contributed by atoms with Gasteiger partial charge in [-0.15, -0.1) is 24.0 Å². The predicted molar refractivity (Wildman–Crippen MR) is 81.4 cm³/mol. The molecule has 0 unspecified atom stereocenters. The second-order valence-electron chi connectivity index (χ2n) is 4.51. The molecule has 1 saturated carbocycles. The van der Waals surface area contributed by atoms with E-state index in [1.807, 2.05) is 0 Å².